The van der Waals surface area contributed by atoms with Crippen LogP contribution >= 0.6 is 0 Å². The average Bonchev–Trinajstić information content (AvgIpc) is 2.72. The van der Waals surface area contributed by atoms with Crippen molar-refractivity contribution in [3.63, 3.8) is 0 Å². The summed E-state index contributed by atoms with van der Waals surface area (Å²) in [6.45, 7) is 4.03. The summed E-state index contributed by atoms with van der Waals surface area (Å²) in [5, 5.41) is 11.5. The molecule has 0 aromatic heterocycles. The largest absolute Gasteiger partial charge is 0.325 e. The quantitative estimate of drug-likeness (QED) is 0.853. The molecule has 104 valence electrons. The molecule has 0 unspecified atom stereocenters. The number of nitrogens with zero attached hydrogens (tertiary/aromatic N) is 2. The number of imide groups is 1. The van der Waals surface area contributed by atoms with E-state index < -0.39 is 5.54 Å². The molecule has 1 aliphatic heterocycles. The first kappa shape index (κ1) is 14.1. The Labute approximate surface area is 118 Å². The molecule has 0 saturated carbocycles. The van der Waals surface area contributed by atoms with Crippen molar-refractivity contribution >= 4 is 11.9 Å². The van der Waals surface area contributed by atoms with Gasteiger partial charge in [-0.25, -0.2) is 4.79 Å². The van der Waals surface area contributed by atoms with Crippen LogP contribution in [0.2, 0.25) is 0 Å². The fourth-order valence-electron chi connectivity index (χ4n) is 2.42. The molecule has 0 atom stereocenters. The molecule has 1 aliphatic rings. The van der Waals surface area contributed by atoms with E-state index in [9.17, 15) is 9.59 Å². The fraction of sp³-hybridized carbons (Fsp3) is 0.400. The van der Waals surface area contributed by atoms with Gasteiger partial charge in [0.05, 0.1) is 18.2 Å². The van der Waals surface area contributed by atoms with E-state index in [0.717, 1.165) is 5.56 Å². The Hall–Kier alpha value is -2.35. The van der Waals surface area contributed by atoms with Gasteiger partial charge in [0.25, 0.3) is 5.91 Å². The van der Waals surface area contributed by atoms with Crippen LogP contribution in [0, 0.1) is 11.3 Å². The maximum Gasteiger partial charge on any atom is 0.325 e. The van der Waals surface area contributed by atoms with Gasteiger partial charge in [-0.2, -0.15) is 5.26 Å². The predicted molar refractivity (Wildman–Crippen MR) is 73.6 cm³/mol. The summed E-state index contributed by atoms with van der Waals surface area (Å²) >= 11 is 0. The summed E-state index contributed by atoms with van der Waals surface area (Å²) in [5.74, 6) is -0.170. The van der Waals surface area contributed by atoms with Crippen LogP contribution in [0.4, 0.5) is 4.79 Å². The number of hydrogen-bond acceptors (Lipinski definition) is 3. The van der Waals surface area contributed by atoms with Crippen molar-refractivity contribution in [3.05, 3.63) is 35.4 Å². The van der Waals surface area contributed by atoms with E-state index >= 15 is 0 Å². The van der Waals surface area contributed by atoms with E-state index in [0.29, 0.717) is 18.4 Å². The number of hydrogen-bond donors (Lipinski definition) is 1. The minimum Gasteiger partial charge on any atom is -0.323 e. The summed E-state index contributed by atoms with van der Waals surface area (Å²) in [7, 11) is 0. The van der Waals surface area contributed by atoms with E-state index in [-0.39, 0.29) is 18.5 Å². The third-order valence-corrected chi connectivity index (χ3v) is 3.88. The zero-order chi connectivity index (χ0) is 14.8. The molecule has 0 radical (unpaired) electrons. The highest BCUT2D eigenvalue weighted by atomic mass is 16.2. The van der Waals surface area contributed by atoms with E-state index in [4.69, 9.17) is 5.26 Å². The number of nitrogens with one attached hydrogen (secondary N) is 1. The van der Waals surface area contributed by atoms with Crippen molar-refractivity contribution in [2.45, 2.75) is 38.8 Å². The van der Waals surface area contributed by atoms with Crippen LogP contribution in [0.1, 0.15) is 37.8 Å². The zero-order valence-corrected chi connectivity index (χ0v) is 11.6. The van der Waals surface area contributed by atoms with Gasteiger partial charge >= 0.3 is 6.03 Å². The average molecular weight is 271 g/mol. The van der Waals surface area contributed by atoms with Crippen molar-refractivity contribution in [2.24, 2.45) is 0 Å². The Kier molecular flexibility index (Phi) is 3.75. The lowest BCUT2D eigenvalue weighted by Crippen LogP contribution is -2.45. The summed E-state index contributed by atoms with van der Waals surface area (Å²) < 4.78 is 0. The second-order valence-electron chi connectivity index (χ2n) is 4.92. The monoisotopic (exact) mass is 271 g/mol. The molecular formula is C15H17N3O2. The number of nitriles is 1. The SMILES string of the molecule is CCC1(CC)NC(=O)N(Cc2ccc(C#N)cc2)C1=O. The first-order valence-electron chi connectivity index (χ1n) is 6.69. The topological polar surface area (TPSA) is 73.2 Å². The maximum absolute atomic E-state index is 12.4. The van der Waals surface area contributed by atoms with E-state index in [2.05, 4.69) is 5.32 Å². The number of benzene rings is 1. The molecule has 1 fully saturated rings. The third kappa shape index (κ3) is 2.25. The molecule has 1 saturated heterocycles. The van der Waals surface area contributed by atoms with E-state index in [1.165, 1.54) is 4.90 Å². The van der Waals surface area contributed by atoms with Gasteiger partial charge in [-0.3, -0.25) is 9.69 Å². The maximum atomic E-state index is 12.4. The lowest BCUT2D eigenvalue weighted by atomic mass is 9.93. The molecule has 2 rings (SSSR count). The normalized spacial score (nSPS) is 16.9. The molecule has 5 nitrogen and oxygen atoms in total. The van der Waals surface area contributed by atoms with Crippen molar-refractivity contribution in [1.82, 2.24) is 10.2 Å². The van der Waals surface area contributed by atoms with Crippen LogP contribution in [0.15, 0.2) is 24.3 Å². The van der Waals surface area contributed by atoms with Crippen molar-refractivity contribution in [3.8, 4) is 6.07 Å². The van der Waals surface area contributed by atoms with Gasteiger partial charge < -0.3 is 5.32 Å². The van der Waals surface area contributed by atoms with Crippen LogP contribution in [0.5, 0.6) is 0 Å². The highest BCUT2D eigenvalue weighted by Gasteiger charge is 2.48. The van der Waals surface area contributed by atoms with Crippen LogP contribution < -0.4 is 5.32 Å². The molecule has 1 aromatic carbocycles. The smallest absolute Gasteiger partial charge is 0.323 e. The van der Waals surface area contributed by atoms with E-state index in [1.54, 1.807) is 24.3 Å². The summed E-state index contributed by atoms with van der Waals surface area (Å²) in [6.07, 6.45) is 1.16. The third-order valence-electron chi connectivity index (χ3n) is 3.88. The Bertz CT molecular complexity index is 568. The molecule has 5 heteroatoms. The number of amides is 3. The van der Waals surface area contributed by atoms with Gasteiger partial charge in [0.2, 0.25) is 0 Å². The van der Waals surface area contributed by atoms with Crippen LogP contribution in [-0.2, 0) is 11.3 Å². The summed E-state index contributed by atoms with van der Waals surface area (Å²) in [4.78, 5) is 25.6. The van der Waals surface area contributed by atoms with Crippen LogP contribution in [0.25, 0.3) is 0 Å². The van der Waals surface area contributed by atoms with Gasteiger partial charge in [0, 0.05) is 0 Å². The second kappa shape index (κ2) is 5.33. The molecule has 3 amide bonds. The fourth-order valence-corrected chi connectivity index (χ4v) is 2.42. The Morgan fingerprint density at radius 2 is 1.80 bits per heavy atom. The number of carbonyl (C=O) groups is 2. The first-order valence-corrected chi connectivity index (χ1v) is 6.69. The lowest BCUT2D eigenvalue weighted by Gasteiger charge is -2.23. The standard InChI is InChI=1S/C15H17N3O2/c1-3-15(4-2)13(19)18(14(20)17-15)10-12-7-5-11(9-16)6-8-12/h5-8H,3-4,10H2,1-2H3,(H,17,20). The molecule has 0 aliphatic carbocycles. The van der Waals surface area contributed by atoms with Crippen LogP contribution in [-0.4, -0.2) is 22.4 Å². The first-order chi connectivity index (χ1) is 9.56. The Balaban J connectivity index is 2.19. The lowest BCUT2D eigenvalue weighted by molar-refractivity contribution is -0.132. The van der Waals surface area contributed by atoms with Crippen molar-refractivity contribution in [2.75, 3.05) is 0 Å². The van der Waals surface area contributed by atoms with Gasteiger partial charge in [0.15, 0.2) is 0 Å². The minimum absolute atomic E-state index is 0.170. The van der Waals surface area contributed by atoms with Crippen molar-refractivity contribution in [1.29, 1.82) is 5.26 Å². The van der Waals surface area contributed by atoms with Gasteiger partial charge in [-0.1, -0.05) is 26.0 Å². The van der Waals surface area contributed by atoms with Gasteiger partial charge in [-0.15, -0.1) is 0 Å². The van der Waals surface area contributed by atoms with Crippen molar-refractivity contribution < 1.29 is 9.59 Å². The molecule has 0 bridgehead atoms. The summed E-state index contributed by atoms with van der Waals surface area (Å²) in [6, 6.07) is 8.58. The van der Waals surface area contributed by atoms with Gasteiger partial charge in [-0.05, 0) is 30.5 Å². The zero-order valence-electron chi connectivity index (χ0n) is 11.6. The predicted octanol–water partition coefficient (Wildman–Crippen LogP) is 2.17. The van der Waals surface area contributed by atoms with Gasteiger partial charge in [0.1, 0.15) is 5.54 Å². The molecule has 1 heterocycles. The number of rotatable bonds is 4. The molecular weight excluding hydrogens is 254 g/mol. The molecule has 1 N–H and O–H groups in total. The van der Waals surface area contributed by atoms with Crippen LogP contribution in [0.3, 0.4) is 0 Å². The number of carbonyl (C=O) groups excluding carboxylic acids is 2. The highest BCUT2D eigenvalue weighted by Crippen LogP contribution is 2.26. The Morgan fingerprint density at radius 3 is 2.25 bits per heavy atom. The molecule has 0 spiro atoms. The molecule has 20 heavy (non-hydrogen) atoms. The second-order valence-corrected chi connectivity index (χ2v) is 4.92. The highest BCUT2D eigenvalue weighted by molar-refractivity contribution is 6.06. The molecule has 1 aromatic rings. The van der Waals surface area contributed by atoms with E-state index in [1.807, 2.05) is 19.9 Å². The Morgan fingerprint density at radius 1 is 1.20 bits per heavy atom. The summed E-state index contributed by atoms with van der Waals surface area (Å²) in [5.41, 5.74) is 0.627. The minimum atomic E-state index is -0.760. The number of urea groups is 1.